The molecule has 1 amide bonds. The number of halogens is 2. The summed E-state index contributed by atoms with van der Waals surface area (Å²) in [7, 11) is 0. The van der Waals surface area contributed by atoms with Crippen molar-refractivity contribution < 1.29 is 23.1 Å². The molecule has 1 atom stereocenters. The highest BCUT2D eigenvalue weighted by Crippen LogP contribution is 2.20. The lowest BCUT2D eigenvalue weighted by Crippen LogP contribution is -2.30. The highest BCUT2D eigenvalue weighted by molar-refractivity contribution is 6.05. The van der Waals surface area contributed by atoms with Gasteiger partial charge in [-0.05, 0) is 25.1 Å². The fourth-order valence-corrected chi connectivity index (χ4v) is 2.35. The van der Waals surface area contributed by atoms with E-state index in [1.807, 2.05) is 6.07 Å². The van der Waals surface area contributed by atoms with E-state index in [4.69, 9.17) is 4.74 Å². The SMILES string of the molecule is C[C@@H](OC(=O)c1c[nH]c2ccccc12)C(=O)Nc1cc(F)ccc1F. The largest absolute Gasteiger partial charge is 0.449 e. The molecule has 1 heterocycles. The van der Waals surface area contributed by atoms with Gasteiger partial charge in [-0.3, -0.25) is 4.79 Å². The first-order chi connectivity index (χ1) is 12.0. The third kappa shape index (κ3) is 3.50. The van der Waals surface area contributed by atoms with E-state index in [0.29, 0.717) is 5.39 Å². The van der Waals surface area contributed by atoms with Gasteiger partial charge in [0.1, 0.15) is 11.6 Å². The van der Waals surface area contributed by atoms with E-state index >= 15 is 0 Å². The number of para-hydroxylation sites is 1. The molecule has 0 radical (unpaired) electrons. The van der Waals surface area contributed by atoms with Crippen LogP contribution in [0.1, 0.15) is 17.3 Å². The predicted octanol–water partition coefficient (Wildman–Crippen LogP) is 3.63. The summed E-state index contributed by atoms with van der Waals surface area (Å²) in [5.74, 6) is -2.94. The maximum atomic E-state index is 13.6. The van der Waals surface area contributed by atoms with Crippen molar-refractivity contribution in [3.05, 3.63) is 65.9 Å². The summed E-state index contributed by atoms with van der Waals surface area (Å²) in [6.45, 7) is 1.35. The van der Waals surface area contributed by atoms with Crippen molar-refractivity contribution in [2.45, 2.75) is 13.0 Å². The van der Waals surface area contributed by atoms with Crippen LogP contribution in [0.2, 0.25) is 0 Å². The molecular formula is C18H14F2N2O3. The summed E-state index contributed by atoms with van der Waals surface area (Å²) < 4.78 is 31.8. The van der Waals surface area contributed by atoms with E-state index in [2.05, 4.69) is 10.3 Å². The molecule has 0 aliphatic carbocycles. The quantitative estimate of drug-likeness (QED) is 0.710. The van der Waals surface area contributed by atoms with Gasteiger partial charge >= 0.3 is 5.97 Å². The molecule has 0 bridgehead atoms. The summed E-state index contributed by atoms with van der Waals surface area (Å²) in [5, 5.41) is 2.86. The molecule has 0 aliphatic rings. The molecule has 3 aromatic rings. The molecule has 0 unspecified atom stereocenters. The second-order valence-corrected chi connectivity index (χ2v) is 5.41. The zero-order valence-electron chi connectivity index (χ0n) is 13.2. The first kappa shape index (κ1) is 16.6. The maximum Gasteiger partial charge on any atom is 0.341 e. The number of esters is 1. The minimum absolute atomic E-state index is 0.284. The molecule has 2 N–H and O–H groups in total. The van der Waals surface area contributed by atoms with Gasteiger partial charge in [0.2, 0.25) is 0 Å². The van der Waals surface area contributed by atoms with Crippen molar-refractivity contribution >= 4 is 28.5 Å². The Kier molecular flexibility index (Phi) is 4.47. The molecule has 25 heavy (non-hydrogen) atoms. The first-order valence-electron chi connectivity index (χ1n) is 7.48. The van der Waals surface area contributed by atoms with Gasteiger partial charge in [0.25, 0.3) is 5.91 Å². The molecule has 5 nitrogen and oxygen atoms in total. The second kappa shape index (κ2) is 6.72. The van der Waals surface area contributed by atoms with E-state index in [-0.39, 0.29) is 11.3 Å². The van der Waals surface area contributed by atoms with Gasteiger partial charge in [-0.2, -0.15) is 0 Å². The van der Waals surface area contributed by atoms with Gasteiger partial charge in [0.05, 0.1) is 11.3 Å². The molecule has 2 aromatic carbocycles. The van der Waals surface area contributed by atoms with E-state index in [0.717, 1.165) is 23.7 Å². The average Bonchev–Trinajstić information content (AvgIpc) is 3.02. The van der Waals surface area contributed by atoms with E-state index in [1.165, 1.54) is 13.1 Å². The molecule has 0 aliphatic heterocycles. The lowest BCUT2D eigenvalue weighted by Gasteiger charge is -2.13. The first-order valence-corrected chi connectivity index (χ1v) is 7.48. The zero-order valence-corrected chi connectivity index (χ0v) is 13.2. The third-order valence-corrected chi connectivity index (χ3v) is 3.65. The number of carbonyl (C=O) groups excluding carboxylic acids is 2. The smallest absolute Gasteiger partial charge is 0.341 e. The molecule has 0 spiro atoms. The number of H-pyrrole nitrogens is 1. The minimum atomic E-state index is -1.19. The fourth-order valence-electron chi connectivity index (χ4n) is 2.35. The standard InChI is InChI=1S/C18H14F2N2O3/c1-10(17(23)22-16-8-11(19)6-7-14(16)20)25-18(24)13-9-21-15-5-3-2-4-12(13)15/h2-10,21H,1H3,(H,22,23)/t10-/m1/s1. The van der Waals surface area contributed by atoms with Gasteiger partial charge in [0.15, 0.2) is 6.10 Å². The van der Waals surface area contributed by atoms with Crippen LogP contribution >= 0.6 is 0 Å². The van der Waals surface area contributed by atoms with Crippen LogP contribution in [0.25, 0.3) is 10.9 Å². The lowest BCUT2D eigenvalue weighted by atomic mass is 10.2. The molecule has 0 fully saturated rings. The van der Waals surface area contributed by atoms with Crippen molar-refractivity contribution in [2.24, 2.45) is 0 Å². The number of hydrogen-bond donors (Lipinski definition) is 2. The van der Waals surface area contributed by atoms with Crippen molar-refractivity contribution in [3.63, 3.8) is 0 Å². The highest BCUT2D eigenvalue weighted by Gasteiger charge is 2.22. The zero-order chi connectivity index (χ0) is 18.0. The molecule has 0 saturated heterocycles. The van der Waals surface area contributed by atoms with Crippen LogP contribution in [0.4, 0.5) is 14.5 Å². The number of aromatic nitrogens is 1. The molecule has 0 saturated carbocycles. The van der Waals surface area contributed by atoms with Crippen LogP contribution in [-0.4, -0.2) is 23.0 Å². The summed E-state index contributed by atoms with van der Waals surface area (Å²) in [5.41, 5.74) is 0.723. The number of aromatic amines is 1. The summed E-state index contributed by atoms with van der Waals surface area (Å²) in [4.78, 5) is 27.2. The monoisotopic (exact) mass is 344 g/mol. The van der Waals surface area contributed by atoms with Gasteiger partial charge in [-0.1, -0.05) is 18.2 Å². The summed E-state index contributed by atoms with van der Waals surface area (Å²) >= 11 is 0. The van der Waals surface area contributed by atoms with Crippen molar-refractivity contribution in [1.29, 1.82) is 0 Å². The number of carbonyl (C=O) groups is 2. The lowest BCUT2D eigenvalue weighted by molar-refractivity contribution is -0.123. The number of benzene rings is 2. The van der Waals surface area contributed by atoms with Crippen molar-refractivity contribution in [2.75, 3.05) is 5.32 Å². The van der Waals surface area contributed by atoms with Gasteiger partial charge < -0.3 is 15.0 Å². The molecule has 7 heteroatoms. The highest BCUT2D eigenvalue weighted by atomic mass is 19.1. The normalized spacial score (nSPS) is 12.0. The Balaban J connectivity index is 1.71. The van der Waals surface area contributed by atoms with Crippen LogP contribution < -0.4 is 5.32 Å². The molecular weight excluding hydrogens is 330 g/mol. The number of ether oxygens (including phenoxy) is 1. The Bertz CT molecular complexity index is 952. The van der Waals surface area contributed by atoms with Gasteiger partial charge in [-0.15, -0.1) is 0 Å². The van der Waals surface area contributed by atoms with E-state index in [1.54, 1.807) is 18.2 Å². The van der Waals surface area contributed by atoms with Crippen LogP contribution in [0.5, 0.6) is 0 Å². The Morgan fingerprint density at radius 1 is 1.16 bits per heavy atom. The van der Waals surface area contributed by atoms with Gasteiger partial charge in [-0.25, -0.2) is 13.6 Å². The van der Waals surface area contributed by atoms with Crippen LogP contribution in [0.3, 0.4) is 0 Å². The van der Waals surface area contributed by atoms with E-state index in [9.17, 15) is 18.4 Å². The Labute approximate surface area is 141 Å². The fraction of sp³-hybridized carbons (Fsp3) is 0.111. The number of fused-ring (bicyclic) bond motifs is 1. The number of rotatable bonds is 4. The van der Waals surface area contributed by atoms with Crippen molar-refractivity contribution in [1.82, 2.24) is 4.98 Å². The number of hydrogen-bond acceptors (Lipinski definition) is 3. The Morgan fingerprint density at radius 3 is 2.72 bits per heavy atom. The Morgan fingerprint density at radius 2 is 1.92 bits per heavy atom. The molecule has 128 valence electrons. The number of anilines is 1. The summed E-state index contributed by atoms with van der Waals surface area (Å²) in [6.07, 6.45) is 0.299. The maximum absolute atomic E-state index is 13.6. The average molecular weight is 344 g/mol. The third-order valence-electron chi connectivity index (χ3n) is 3.65. The molecule has 1 aromatic heterocycles. The van der Waals surface area contributed by atoms with Crippen LogP contribution in [0.15, 0.2) is 48.7 Å². The van der Waals surface area contributed by atoms with Crippen molar-refractivity contribution in [3.8, 4) is 0 Å². The topological polar surface area (TPSA) is 71.2 Å². The Hall–Kier alpha value is -3.22. The second-order valence-electron chi connectivity index (χ2n) is 5.41. The molecule has 3 rings (SSSR count). The van der Waals surface area contributed by atoms with E-state index < -0.39 is 29.6 Å². The van der Waals surface area contributed by atoms with Crippen LogP contribution in [-0.2, 0) is 9.53 Å². The summed E-state index contributed by atoms with van der Waals surface area (Å²) in [6, 6.07) is 9.82. The van der Waals surface area contributed by atoms with Crippen LogP contribution in [0, 0.1) is 11.6 Å². The number of amides is 1. The predicted molar refractivity (Wildman–Crippen MR) is 88.2 cm³/mol. The van der Waals surface area contributed by atoms with Gasteiger partial charge in [0, 0.05) is 23.2 Å². The number of nitrogens with one attached hydrogen (secondary N) is 2. The minimum Gasteiger partial charge on any atom is -0.449 e.